The number of nitrogens with one attached hydrogen (secondary N) is 1. The summed E-state index contributed by atoms with van der Waals surface area (Å²) >= 11 is 5.97. The van der Waals surface area contributed by atoms with Gasteiger partial charge in [-0.3, -0.25) is 5.41 Å². The van der Waals surface area contributed by atoms with Crippen LogP contribution in [0, 0.1) is 5.41 Å². The van der Waals surface area contributed by atoms with E-state index in [2.05, 4.69) is 0 Å². The summed E-state index contributed by atoms with van der Waals surface area (Å²) in [5, 5.41) is 8.25. The second-order valence-corrected chi connectivity index (χ2v) is 5.22. The number of nitrogen functional groups attached to an aromatic ring is 1. The Hall–Kier alpha value is -2.20. The maximum absolute atomic E-state index is 7.67. The van der Waals surface area contributed by atoms with Crippen LogP contribution in [-0.2, 0) is 6.54 Å². The second-order valence-electron chi connectivity index (χ2n) is 4.78. The van der Waals surface area contributed by atoms with Gasteiger partial charge >= 0.3 is 0 Å². The molecule has 0 amide bonds. The Bertz CT molecular complexity index is 640. The van der Waals surface area contributed by atoms with Crippen molar-refractivity contribution in [2.45, 2.75) is 6.54 Å². The number of rotatable bonds is 5. The van der Waals surface area contributed by atoms with Gasteiger partial charge in [0.05, 0.1) is 7.11 Å². The molecular weight excluding hydrogens is 286 g/mol. The maximum atomic E-state index is 7.67. The van der Waals surface area contributed by atoms with Crippen LogP contribution in [0.15, 0.2) is 42.5 Å². The second kappa shape index (κ2) is 6.50. The molecule has 0 spiro atoms. The minimum Gasteiger partial charge on any atom is -0.497 e. The molecule has 110 valence electrons. The Kier molecular flexibility index (Phi) is 4.70. The van der Waals surface area contributed by atoms with Gasteiger partial charge in [-0.05, 0) is 35.9 Å². The van der Waals surface area contributed by atoms with Crippen molar-refractivity contribution >= 4 is 23.1 Å². The van der Waals surface area contributed by atoms with Crippen molar-refractivity contribution in [2.75, 3.05) is 19.1 Å². The fourth-order valence-corrected chi connectivity index (χ4v) is 2.32. The first-order valence-corrected chi connectivity index (χ1v) is 6.87. The lowest BCUT2D eigenvalue weighted by atomic mass is 10.1. The topological polar surface area (TPSA) is 62.3 Å². The highest BCUT2D eigenvalue weighted by atomic mass is 35.5. The number of nitrogens with two attached hydrogens (primary N) is 1. The molecule has 4 nitrogen and oxygen atoms in total. The van der Waals surface area contributed by atoms with Crippen LogP contribution in [0.25, 0.3) is 0 Å². The fourth-order valence-electron chi connectivity index (χ4n) is 2.15. The Morgan fingerprint density at radius 2 is 1.90 bits per heavy atom. The first kappa shape index (κ1) is 15.2. The molecule has 2 aromatic carbocycles. The van der Waals surface area contributed by atoms with E-state index in [-0.39, 0.29) is 5.84 Å². The third kappa shape index (κ3) is 3.67. The van der Waals surface area contributed by atoms with Crippen LogP contribution in [0.1, 0.15) is 11.1 Å². The van der Waals surface area contributed by atoms with Gasteiger partial charge in [0.15, 0.2) is 0 Å². The number of halogens is 1. The lowest BCUT2D eigenvalue weighted by Gasteiger charge is -2.22. The van der Waals surface area contributed by atoms with E-state index in [0.29, 0.717) is 17.1 Å². The van der Waals surface area contributed by atoms with Crippen molar-refractivity contribution < 1.29 is 4.74 Å². The molecule has 0 atom stereocenters. The monoisotopic (exact) mass is 303 g/mol. The van der Waals surface area contributed by atoms with Gasteiger partial charge in [-0.15, -0.1) is 0 Å². The molecule has 0 aromatic heterocycles. The van der Waals surface area contributed by atoms with Gasteiger partial charge in [-0.25, -0.2) is 0 Å². The number of nitrogens with zero attached hydrogens (tertiary/aromatic N) is 1. The molecule has 0 saturated heterocycles. The van der Waals surface area contributed by atoms with Crippen molar-refractivity contribution in [3.8, 4) is 5.75 Å². The fraction of sp³-hybridized carbons (Fsp3) is 0.188. The Morgan fingerprint density at radius 1 is 1.24 bits per heavy atom. The highest BCUT2D eigenvalue weighted by molar-refractivity contribution is 6.31. The standard InChI is InChI=1S/C16H18ClN3O/c1-20(10-11-3-6-13(21-2)7-4-11)15-8-5-12(17)9-14(15)16(18)19/h3-9H,10H2,1-2H3,(H3,18,19). The van der Waals surface area contributed by atoms with Crippen molar-refractivity contribution in [1.82, 2.24) is 0 Å². The van der Waals surface area contributed by atoms with Gasteiger partial charge in [0.1, 0.15) is 11.6 Å². The number of methoxy groups -OCH3 is 1. The van der Waals surface area contributed by atoms with Crippen LogP contribution in [0.5, 0.6) is 5.75 Å². The third-order valence-electron chi connectivity index (χ3n) is 3.24. The molecule has 0 heterocycles. The summed E-state index contributed by atoms with van der Waals surface area (Å²) in [6.07, 6.45) is 0. The van der Waals surface area contributed by atoms with Crippen LogP contribution >= 0.6 is 11.6 Å². The molecule has 0 unspecified atom stereocenters. The van der Waals surface area contributed by atoms with Crippen LogP contribution in [-0.4, -0.2) is 20.0 Å². The predicted molar refractivity (Wildman–Crippen MR) is 87.6 cm³/mol. The average molecular weight is 304 g/mol. The molecule has 0 aliphatic carbocycles. The lowest BCUT2D eigenvalue weighted by molar-refractivity contribution is 0.414. The van der Waals surface area contributed by atoms with Crippen molar-refractivity contribution in [3.05, 3.63) is 58.6 Å². The summed E-state index contributed by atoms with van der Waals surface area (Å²) in [6, 6.07) is 13.3. The minimum absolute atomic E-state index is 0.00841. The molecule has 0 aliphatic rings. The SMILES string of the molecule is COc1ccc(CN(C)c2ccc(Cl)cc2C(=N)N)cc1. The van der Waals surface area contributed by atoms with Crippen molar-refractivity contribution in [3.63, 3.8) is 0 Å². The Balaban J connectivity index is 2.23. The summed E-state index contributed by atoms with van der Waals surface area (Å²) in [4.78, 5) is 2.04. The molecule has 2 rings (SSSR count). The molecule has 3 N–H and O–H groups in total. The van der Waals surface area contributed by atoms with E-state index in [4.69, 9.17) is 27.5 Å². The van der Waals surface area contributed by atoms with Gasteiger partial charge in [0.2, 0.25) is 0 Å². The molecule has 0 bridgehead atoms. The van der Waals surface area contributed by atoms with Gasteiger partial charge in [0, 0.05) is 29.9 Å². The first-order chi connectivity index (χ1) is 10.0. The largest absolute Gasteiger partial charge is 0.497 e. The number of hydrogen-bond donors (Lipinski definition) is 2. The molecular formula is C16H18ClN3O. The van der Waals surface area contributed by atoms with Gasteiger partial charge in [0.25, 0.3) is 0 Å². The van der Waals surface area contributed by atoms with Gasteiger partial charge in [-0.2, -0.15) is 0 Å². The van der Waals surface area contributed by atoms with E-state index in [1.165, 1.54) is 0 Å². The Morgan fingerprint density at radius 3 is 2.48 bits per heavy atom. The highest BCUT2D eigenvalue weighted by Crippen LogP contribution is 2.25. The van der Waals surface area contributed by atoms with Crippen LogP contribution in [0.4, 0.5) is 5.69 Å². The highest BCUT2D eigenvalue weighted by Gasteiger charge is 2.11. The summed E-state index contributed by atoms with van der Waals surface area (Å²) in [5.74, 6) is 0.839. The maximum Gasteiger partial charge on any atom is 0.124 e. The zero-order chi connectivity index (χ0) is 15.4. The van der Waals surface area contributed by atoms with Gasteiger partial charge in [-0.1, -0.05) is 23.7 Å². The van der Waals surface area contributed by atoms with E-state index >= 15 is 0 Å². The van der Waals surface area contributed by atoms with E-state index in [9.17, 15) is 0 Å². The average Bonchev–Trinajstić information content (AvgIpc) is 2.47. The predicted octanol–water partition coefficient (Wildman–Crippen LogP) is 3.27. The molecule has 0 fully saturated rings. The number of benzene rings is 2. The van der Waals surface area contributed by atoms with Crippen LogP contribution < -0.4 is 15.4 Å². The molecule has 5 heteroatoms. The Labute approximate surface area is 129 Å². The molecule has 0 saturated carbocycles. The lowest BCUT2D eigenvalue weighted by Crippen LogP contribution is -2.22. The van der Waals surface area contributed by atoms with Crippen LogP contribution in [0.3, 0.4) is 0 Å². The van der Waals surface area contributed by atoms with Crippen molar-refractivity contribution in [2.24, 2.45) is 5.73 Å². The summed E-state index contributed by atoms with van der Waals surface area (Å²) in [5.41, 5.74) is 8.29. The number of amidine groups is 1. The normalized spacial score (nSPS) is 10.2. The van der Waals surface area contributed by atoms with Crippen LogP contribution in [0.2, 0.25) is 5.02 Å². The van der Waals surface area contributed by atoms with E-state index in [1.54, 1.807) is 19.2 Å². The molecule has 0 radical (unpaired) electrons. The van der Waals surface area contributed by atoms with Gasteiger partial charge < -0.3 is 15.4 Å². The summed E-state index contributed by atoms with van der Waals surface area (Å²) in [6.45, 7) is 0.700. The summed E-state index contributed by atoms with van der Waals surface area (Å²) in [7, 11) is 3.61. The van der Waals surface area contributed by atoms with E-state index < -0.39 is 0 Å². The quantitative estimate of drug-likeness (QED) is 0.658. The first-order valence-electron chi connectivity index (χ1n) is 6.49. The third-order valence-corrected chi connectivity index (χ3v) is 3.47. The summed E-state index contributed by atoms with van der Waals surface area (Å²) < 4.78 is 5.15. The number of anilines is 1. The minimum atomic E-state index is 0.00841. The van der Waals surface area contributed by atoms with E-state index in [0.717, 1.165) is 17.0 Å². The smallest absolute Gasteiger partial charge is 0.124 e. The van der Waals surface area contributed by atoms with Crippen molar-refractivity contribution in [1.29, 1.82) is 5.41 Å². The molecule has 2 aromatic rings. The molecule has 0 aliphatic heterocycles. The number of hydrogen-bond acceptors (Lipinski definition) is 3. The van der Waals surface area contributed by atoms with E-state index in [1.807, 2.05) is 42.3 Å². The zero-order valence-corrected chi connectivity index (χ0v) is 12.8. The number of ether oxygens (including phenoxy) is 1. The molecule has 21 heavy (non-hydrogen) atoms. The zero-order valence-electron chi connectivity index (χ0n) is 12.1.